The Kier molecular flexibility index (Phi) is 9.39. The first-order valence-corrected chi connectivity index (χ1v) is 19.0. The number of β-lactam (4-membered cyclic amide) rings is 1. The van der Waals surface area contributed by atoms with Gasteiger partial charge in [-0.1, -0.05) is 39.0 Å². The van der Waals surface area contributed by atoms with Gasteiger partial charge in [0.05, 0.1) is 30.3 Å². The van der Waals surface area contributed by atoms with Crippen molar-refractivity contribution in [1.82, 2.24) is 4.90 Å². The minimum absolute atomic E-state index is 0.0173. The van der Waals surface area contributed by atoms with Crippen molar-refractivity contribution < 1.29 is 39.8 Å². The van der Waals surface area contributed by atoms with Crippen LogP contribution in [0.5, 0.6) is 0 Å². The molecule has 1 aliphatic rings. The zero-order valence-electron chi connectivity index (χ0n) is 22.5. The second kappa shape index (κ2) is 11.1. The zero-order valence-corrected chi connectivity index (χ0v) is 25.9. The fourth-order valence-corrected chi connectivity index (χ4v) is 9.16. The Morgan fingerprint density at radius 1 is 1.11 bits per heavy atom. The summed E-state index contributed by atoms with van der Waals surface area (Å²) in [6, 6.07) is 7.66. The highest BCUT2D eigenvalue weighted by atomic mass is 33.1. The van der Waals surface area contributed by atoms with Crippen LogP contribution in [0.3, 0.4) is 0 Å². The summed E-state index contributed by atoms with van der Waals surface area (Å²) in [6.45, 7) is 13.0. The van der Waals surface area contributed by atoms with Gasteiger partial charge >= 0.3 is 16.1 Å². The summed E-state index contributed by atoms with van der Waals surface area (Å²) >= 11 is 0. The Morgan fingerprint density at radius 2 is 1.65 bits per heavy atom. The van der Waals surface area contributed by atoms with Crippen molar-refractivity contribution in [2.24, 2.45) is 5.92 Å². The van der Waals surface area contributed by atoms with Gasteiger partial charge in [0.2, 0.25) is 14.8 Å². The van der Waals surface area contributed by atoms with Crippen LogP contribution >= 0.6 is 10.8 Å². The van der Waals surface area contributed by atoms with Crippen LogP contribution in [0.4, 0.5) is 0 Å². The molecule has 1 amide bonds. The maximum absolute atomic E-state index is 13.5. The van der Waals surface area contributed by atoms with Gasteiger partial charge in [0.1, 0.15) is 11.1 Å². The molecule has 37 heavy (non-hydrogen) atoms. The van der Waals surface area contributed by atoms with E-state index in [9.17, 15) is 26.4 Å². The minimum atomic E-state index is -4.06. The van der Waals surface area contributed by atoms with Crippen molar-refractivity contribution >= 4 is 50.0 Å². The number of likely N-dealkylation sites (tertiary alicyclic amines) is 1. The average Bonchev–Trinajstić information content (AvgIpc) is 2.74. The summed E-state index contributed by atoms with van der Waals surface area (Å²) in [5.41, 5.74) is -0.491. The monoisotopic (exact) mass is 593 g/mol. The second-order valence-electron chi connectivity index (χ2n) is 10.3. The summed E-state index contributed by atoms with van der Waals surface area (Å²) in [5.74, 6) is -3.01. The lowest BCUT2D eigenvalue weighted by atomic mass is 9.92. The van der Waals surface area contributed by atoms with E-state index in [1.165, 1.54) is 19.1 Å². The number of ether oxygens (including phenoxy) is 1. The molecule has 0 spiro atoms. The first kappa shape index (κ1) is 31.3. The Labute approximate surface area is 224 Å². The van der Waals surface area contributed by atoms with Crippen LogP contribution in [0.1, 0.15) is 34.6 Å². The van der Waals surface area contributed by atoms with Crippen LogP contribution in [-0.4, -0.2) is 66.8 Å². The lowest BCUT2D eigenvalue weighted by Gasteiger charge is -2.50. The molecule has 208 valence electrons. The molecular formula is C23H35NO9S3Si. The van der Waals surface area contributed by atoms with E-state index >= 15 is 0 Å². The van der Waals surface area contributed by atoms with Crippen LogP contribution in [0.2, 0.25) is 18.1 Å². The van der Waals surface area contributed by atoms with Crippen LogP contribution in [0, 0.1) is 5.92 Å². The maximum Gasteiger partial charge on any atom is 0.358 e. The molecule has 1 fully saturated rings. The van der Waals surface area contributed by atoms with Gasteiger partial charge in [0.15, 0.2) is 14.0 Å². The van der Waals surface area contributed by atoms with E-state index in [0.29, 0.717) is 10.8 Å². The van der Waals surface area contributed by atoms with Gasteiger partial charge in [-0.2, -0.15) is 8.42 Å². The summed E-state index contributed by atoms with van der Waals surface area (Å²) in [6.07, 6.45) is 0.0935. The molecule has 1 aliphatic heterocycles. The molecule has 0 saturated carbocycles. The van der Waals surface area contributed by atoms with Crippen LogP contribution in [0.25, 0.3) is 0 Å². The minimum Gasteiger partial charge on any atom is -0.464 e. The number of esters is 1. The predicted octanol–water partition coefficient (Wildman–Crippen LogP) is 3.68. The molecule has 14 heteroatoms. The smallest absolute Gasteiger partial charge is 0.358 e. The normalized spacial score (nSPS) is 20.6. The van der Waals surface area contributed by atoms with Crippen molar-refractivity contribution in [3.8, 4) is 0 Å². The number of allylic oxidation sites excluding steroid dienone is 1. The molecule has 0 aromatic heterocycles. The maximum atomic E-state index is 13.5. The average molecular weight is 594 g/mol. The van der Waals surface area contributed by atoms with E-state index in [4.69, 9.17) is 13.3 Å². The van der Waals surface area contributed by atoms with Gasteiger partial charge in [0.25, 0.3) is 0 Å². The fraction of sp³-hybridized carbons (Fsp3) is 0.565. The molecule has 1 aromatic carbocycles. The Balaban J connectivity index is 2.61. The van der Waals surface area contributed by atoms with Crippen molar-refractivity contribution in [1.29, 1.82) is 0 Å². The number of carbonyl (C=O) groups is 2. The van der Waals surface area contributed by atoms with Gasteiger partial charge in [-0.3, -0.25) is 9.69 Å². The van der Waals surface area contributed by atoms with Crippen molar-refractivity contribution in [3.05, 3.63) is 41.8 Å². The molecule has 3 atom stereocenters. The summed E-state index contributed by atoms with van der Waals surface area (Å²) in [7, 11) is -8.88. The number of nitrogens with zero attached hydrogens (tertiary/aromatic N) is 1. The highest BCUT2D eigenvalue weighted by molar-refractivity contribution is 8.72. The largest absolute Gasteiger partial charge is 0.464 e. The topological polar surface area (TPSA) is 133 Å². The zero-order chi connectivity index (χ0) is 28.6. The second-order valence-corrected chi connectivity index (χ2v) is 20.5. The first-order valence-electron chi connectivity index (χ1n) is 11.4. The number of benzene rings is 1. The number of hydrogen-bond donors (Lipinski definition) is 0. The lowest BCUT2D eigenvalue weighted by Crippen LogP contribution is -2.65. The highest BCUT2D eigenvalue weighted by Gasteiger charge is 2.57. The van der Waals surface area contributed by atoms with E-state index < -0.39 is 68.0 Å². The van der Waals surface area contributed by atoms with Gasteiger partial charge in [-0.05, 0) is 54.9 Å². The van der Waals surface area contributed by atoms with E-state index in [2.05, 4.69) is 0 Å². The number of amides is 1. The van der Waals surface area contributed by atoms with E-state index in [-0.39, 0.29) is 9.93 Å². The molecule has 0 aliphatic carbocycles. The number of methoxy groups -OCH3 is 1. The third-order valence-electron chi connectivity index (χ3n) is 6.36. The van der Waals surface area contributed by atoms with Gasteiger partial charge < -0.3 is 13.3 Å². The third kappa shape index (κ3) is 7.16. The van der Waals surface area contributed by atoms with E-state index in [0.717, 1.165) is 18.3 Å². The van der Waals surface area contributed by atoms with Gasteiger partial charge in [-0.15, -0.1) is 0 Å². The standard InChI is InChI=1S/C23H35NO9S3Si/c1-15(33-37(8,9)23(3,4)5)18-20(25)24(19(22(26)31-6)16(2)32-35(7,27)28)21(18)34-36(29,30)17-13-11-10-12-14-17/h10-15,18,21H,1-9H3/b19-16-/t15?,18-,21+/m0/s1. The molecule has 1 aromatic rings. The molecular weight excluding hydrogens is 559 g/mol. The van der Waals surface area contributed by atoms with Gasteiger partial charge in [-0.25, -0.2) is 13.2 Å². The van der Waals surface area contributed by atoms with Crippen molar-refractivity contribution in [3.63, 3.8) is 0 Å². The molecule has 0 radical (unpaired) electrons. The molecule has 1 heterocycles. The van der Waals surface area contributed by atoms with Crippen LogP contribution in [-0.2, 0) is 41.9 Å². The Morgan fingerprint density at radius 3 is 2.11 bits per heavy atom. The summed E-state index contributed by atoms with van der Waals surface area (Å²) in [5, 5.41) is -1.30. The number of hydrogen-bond acceptors (Lipinski definition) is 10. The van der Waals surface area contributed by atoms with E-state index in [1.54, 1.807) is 25.1 Å². The Bertz CT molecular complexity index is 1270. The first-order chi connectivity index (χ1) is 16.7. The number of carbonyl (C=O) groups excluding carboxylic acids is 2. The molecule has 0 N–H and O–H groups in total. The van der Waals surface area contributed by atoms with Crippen molar-refractivity contribution in [2.75, 3.05) is 13.4 Å². The molecule has 1 saturated heterocycles. The fourth-order valence-electron chi connectivity index (χ4n) is 3.52. The summed E-state index contributed by atoms with van der Waals surface area (Å²) in [4.78, 5) is 27.2. The van der Waals surface area contributed by atoms with Crippen LogP contribution in [0.15, 0.2) is 46.7 Å². The van der Waals surface area contributed by atoms with Crippen LogP contribution < -0.4 is 0 Å². The quantitative estimate of drug-likeness (QED) is 0.0752. The predicted molar refractivity (Wildman–Crippen MR) is 144 cm³/mol. The molecule has 1 unspecified atom stereocenters. The third-order valence-corrected chi connectivity index (χ3v) is 15.2. The SMILES string of the molecule is COC(=O)/C(=C(\C)OS(C)(=O)=O)N1C(=O)[C@H](C(C)O[Si](C)(C)C(C)(C)C)[C@H]1SS(=O)(=O)c1ccccc1. The van der Waals surface area contributed by atoms with Gasteiger partial charge in [0, 0.05) is 0 Å². The summed E-state index contributed by atoms with van der Waals surface area (Å²) < 4.78 is 66.2. The van der Waals surface area contributed by atoms with E-state index in [1.807, 2.05) is 33.9 Å². The molecule has 0 bridgehead atoms. The lowest BCUT2D eigenvalue weighted by molar-refractivity contribution is -0.157. The highest BCUT2D eigenvalue weighted by Crippen LogP contribution is 2.47. The molecule has 2 rings (SSSR count). The Hall–Kier alpha value is -1.87. The number of rotatable bonds is 10. The van der Waals surface area contributed by atoms with Crippen molar-refractivity contribution in [2.45, 2.75) is 69.1 Å². The molecule has 10 nitrogen and oxygen atoms in total.